The van der Waals surface area contributed by atoms with Crippen LogP contribution in [0.4, 0.5) is 10.5 Å². The summed E-state index contributed by atoms with van der Waals surface area (Å²) < 4.78 is 10.5. The minimum absolute atomic E-state index is 0.217. The molecule has 21 heavy (non-hydrogen) atoms. The summed E-state index contributed by atoms with van der Waals surface area (Å²) in [4.78, 5) is 16.0. The monoisotopic (exact) mass is 285 g/mol. The molecule has 1 aromatic carbocycles. The van der Waals surface area contributed by atoms with Gasteiger partial charge in [-0.05, 0) is 24.3 Å². The summed E-state index contributed by atoms with van der Waals surface area (Å²) in [5, 5.41) is 5.54. The Labute approximate surface area is 122 Å². The summed E-state index contributed by atoms with van der Waals surface area (Å²) in [5.74, 6) is 1.33. The second-order valence-corrected chi connectivity index (χ2v) is 4.52. The van der Waals surface area contributed by atoms with Crippen molar-refractivity contribution in [1.82, 2.24) is 10.3 Å². The highest BCUT2D eigenvalue weighted by molar-refractivity contribution is 5.89. The Kier molecular flexibility index (Phi) is 3.86. The van der Waals surface area contributed by atoms with Crippen molar-refractivity contribution in [1.29, 1.82) is 0 Å². The first-order valence-electron chi connectivity index (χ1n) is 6.66. The smallest absolute Gasteiger partial charge is 0.319 e. The third kappa shape index (κ3) is 3.42. The Morgan fingerprint density at radius 2 is 2.10 bits per heavy atom. The molecule has 6 heteroatoms. The average molecular weight is 285 g/mol. The number of hydrogen-bond acceptors (Lipinski definition) is 4. The second kappa shape index (κ2) is 6.13. The molecule has 108 valence electrons. The van der Waals surface area contributed by atoms with E-state index in [4.69, 9.17) is 9.47 Å². The van der Waals surface area contributed by atoms with Crippen LogP contribution in [0.3, 0.4) is 0 Å². The standard InChI is InChI=1S/C15H15N3O3/c19-15(17-8-6-11-3-1-2-7-16-11)18-12-4-5-13-14(9-12)21-10-20-13/h1-5,7,9H,6,8,10H2,(H2,17,18,19). The fourth-order valence-electron chi connectivity index (χ4n) is 2.00. The van der Waals surface area contributed by atoms with E-state index >= 15 is 0 Å². The van der Waals surface area contributed by atoms with E-state index in [1.54, 1.807) is 24.4 Å². The molecule has 0 saturated carbocycles. The lowest BCUT2D eigenvalue weighted by atomic mass is 10.2. The quantitative estimate of drug-likeness (QED) is 0.903. The molecule has 2 N–H and O–H groups in total. The Morgan fingerprint density at radius 3 is 2.95 bits per heavy atom. The first kappa shape index (κ1) is 13.2. The lowest BCUT2D eigenvalue weighted by molar-refractivity contribution is 0.174. The number of nitrogens with one attached hydrogen (secondary N) is 2. The number of pyridine rings is 1. The van der Waals surface area contributed by atoms with Crippen molar-refractivity contribution < 1.29 is 14.3 Å². The van der Waals surface area contributed by atoms with Crippen molar-refractivity contribution >= 4 is 11.7 Å². The SMILES string of the molecule is O=C(NCCc1ccccn1)Nc1ccc2c(c1)OCO2. The van der Waals surface area contributed by atoms with Crippen LogP contribution in [0.15, 0.2) is 42.6 Å². The van der Waals surface area contributed by atoms with E-state index < -0.39 is 0 Å². The predicted octanol–water partition coefficient (Wildman–Crippen LogP) is 2.17. The predicted molar refractivity (Wildman–Crippen MR) is 77.5 cm³/mol. The molecule has 2 heterocycles. The third-order valence-electron chi connectivity index (χ3n) is 3.02. The average Bonchev–Trinajstić information content (AvgIpc) is 2.96. The summed E-state index contributed by atoms with van der Waals surface area (Å²) in [5.41, 5.74) is 1.61. The molecular formula is C15H15N3O3. The van der Waals surface area contributed by atoms with Crippen LogP contribution in [-0.4, -0.2) is 24.4 Å². The van der Waals surface area contributed by atoms with E-state index in [9.17, 15) is 4.79 Å². The van der Waals surface area contributed by atoms with Crippen LogP contribution in [-0.2, 0) is 6.42 Å². The molecule has 1 aliphatic rings. The van der Waals surface area contributed by atoms with E-state index in [1.165, 1.54) is 0 Å². The van der Waals surface area contributed by atoms with Gasteiger partial charge in [-0.1, -0.05) is 6.07 Å². The van der Waals surface area contributed by atoms with Gasteiger partial charge in [0.1, 0.15) is 0 Å². The molecular weight excluding hydrogens is 270 g/mol. The molecule has 1 aromatic heterocycles. The van der Waals surface area contributed by atoms with Crippen LogP contribution in [0.25, 0.3) is 0 Å². The molecule has 0 spiro atoms. The summed E-state index contributed by atoms with van der Waals surface area (Å²) in [6.07, 6.45) is 2.43. The first-order valence-corrected chi connectivity index (χ1v) is 6.66. The van der Waals surface area contributed by atoms with Gasteiger partial charge in [-0.15, -0.1) is 0 Å². The molecule has 3 rings (SSSR count). The van der Waals surface area contributed by atoms with E-state index in [-0.39, 0.29) is 12.8 Å². The number of aromatic nitrogens is 1. The maximum atomic E-state index is 11.8. The minimum atomic E-state index is -0.259. The van der Waals surface area contributed by atoms with Crippen molar-refractivity contribution in [3.8, 4) is 11.5 Å². The fraction of sp³-hybridized carbons (Fsp3) is 0.200. The van der Waals surface area contributed by atoms with Gasteiger partial charge in [0.15, 0.2) is 11.5 Å². The zero-order chi connectivity index (χ0) is 14.5. The van der Waals surface area contributed by atoms with Crippen LogP contribution in [0, 0.1) is 0 Å². The number of benzene rings is 1. The maximum absolute atomic E-state index is 11.8. The van der Waals surface area contributed by atoms with Gasteiger partial charge in [0.2, 0.25) is 6.79 Å². The van der Waals surface area contributed by atoms with Crippen LogP contribution < -0.4 is 20.1 Å². The van der Waals surface area contributed by atoms with Gasteiger partial charge in [-0.3, -0.25) is 4.98 Å². The maximum Gasteiger partial charge on any atom is 0.319 e. The minimum Gasteiger partial charge on any atom is -0.454 e. The van der Waals surface area contributed by atoms with E-state index in [0.29, 0.717) is 30.2 Å². The van der Waals surface area contributed by atoms with Crippen molar-refractivity contribution in [3.05, 3.63) is 48.3 Å². The highest BCUT2D eigenvalue weighted by Crippen LogP contribution is 2.34. The first-order chi connectivity index (χ1) is 10.3. The van der Waals surface area contributed by atoms with Gasteiger partial charge < -0.3 is 20.1 Å². The topological polar surface area (TPSA) is 72.5 Å². The van der Waals surface area contributed by atoms with Crippen molar-refractivity contribution in [2.24, 2.45) is 0 Å². The molecule has 0 radical (unpaired) electrons. The third-order valence-corrected chi connectivity index (χ3v) is 3.02. The van der Waals surface area contributed by atoms with Crippen LogP contribution >= 0.6 is 0 Å². The molecule has 0 bridgehead atoms. The summed E-state index contributed by atoms with van der Waals surface area (Å²) >= 11 is 0. The zero-order valence-electron chi connectivity index (χ0n) is 11.3. The zero-order valence-corrected chi connectivity index (χ0v) is 11.3. The van der Waals surface area contributed by atoms with Gasteiger partial charge in [0, 0.05) is 36.6 Å². The number of carbonyl (C=O) groups is 1. The second-order valence-electron chi connectivity index (χ2n) is 4.52. The highest BCUT2D eigenvalue weighted by atomic mass is 16.7. The van der Waals surface area contributed by atoms with Crippen molar-refractivity contribution in [2.75, 3.05) is 18.7 Å². The van der Waals surface area contributed by atoms with E-state index in [1.807, 2.05) is 18.2 Å². The number of carbonyl (C=O) groups excluding carboxylic acids is 1. The van der Waals surface area contributed by atoms with Crippen molar-refractivity contribution in [3.63, 3.8) is 0 Å². The molecule has 0 aliphatic carbocycles. The lowest BCUT2D eigenvalue weighted by Gasteiger charge is -2.08. The normalized spacial score (nSPS) is 12.0. The Bertz CT molecular complexity index is 631. The highest BCUT2D eigenvalue weighted by Gasteiger charge is 2.13. The van der Waals surface area contributed by atoms with Gasteiger partial charge in [0.25, 0.3) is 0 Å². The Balaban J connectivity index is 1.48. The number of urea groups is 1. The van der Waals surface area contributed by atoms with Crippen molar-refractivity contribution in [2.45, 2.75) is 6.42 Å². The molecule has 0 saturated heterocycles. The number of amides is 2. The molecule has 6 nitrogen and oxygen atoms in total. The molecule has 0 atom stereocenters. The molecule has 2 aromatic rings. The summed E-state index contributed by atoms with van der Waals surface area (Å²) in [6.45, 7) is 0.739. The Hall–Kier alpha value is -2.76. The number of fused-ring (bicyclic) bond motifs is 1. The molecule has 0 fully saturated rings. The number of nitrogens with zero attached hydrogens (tertiary/aromatic N) is 1. The molecule has 2 amide bonds. The van der Waals surface area contributed by atoms with Gasteiger partial charge in [-0.2, -0.15) is 0 Å². The van der Waals surface area contributed by atoms with E-state index in [0.717, 1.165) is 5.69 Å². The van der Waals surface area contributed by atoms with Crippen LogP contribution in [0.2, 0.25) is 0 Å². The fourth-order valence-corrected chi connectivity index (χ4v) is 2.00. The summed E-state index contributed by atoms with van der Waals surface area (Å²) in [6, 6.07) is 10.7. The largest absolute Gasteiger partial charge is 0.454 e. The number of anilines is 1. The van der Waals surface area contributed by atoms with Gasteiger partial charge in [0.05, 0.1) is 0 Å². The number of rotatable bonds is 4. The van der Waals surface area contributed by atoms with Gasteiger partial charge in [-0.25, -0.2) is 4.79 Å². The Morgan fingerprint density at radius 1 is 1.19 bits per heavy atom. The molecule has 0 unspecified atom stereocenters. The lowest BCUT2D eigenvalue weighted by Crippen LogP contribution is -2.30. The summed E-state index contributed by atoms with van der Waals surface area (Å²) in [7, 11) is 0. The van der Waals surface area contributed by atoms with Crippen LogP contribution in [0.5, 0.6) is 11.5 Å². The van der Waals surface area contributed by atoms with Crippen LogP contribution in [0.1, 0.15) is 5.69 Å². The number of hydrogen-bond donors (Lipinski definition) is 2. The van der Waals surface area contributed by atoms with E-state index in [2.05, 4.69) is 15.6 Å². The van der Waals surface area contributed by atoms with Gasteiger partial charge >= 0.3 is 6.03 Å². The number of ether oxygens (including phenoxy) is 2. The molecule has 1 aliphatic heterocycles.